The van der Waals surface area contributed by atoms with Crippen molar-refractivity contribution in [1.82, 2.24) is 10.6 Å². The van der Waals surface area contributed by atoms with Gasteiger partial charge < -0.3 is 16.0 Å². The molecule has 0 bridgehead atoms. The number of rotatable bonds is 5. The van der Waals surface area contributed by atoms with Gasteiger partial charge in [0.2, 0.25) is 5.91 Å². The van der Waals surface area contributed by atoms with Gasteiger partial charge in [0.25, 0.3) is 11.7 Å². The fourth-order valence-corrected chi connectivity index (χ4v) is 4.45. The number of likely N-dealkylation sites (N-methyl/N-ethyl adjacent to an activating group) is 1. The second-order valence-electron chi connectivity index (χ2n) is 8.58. The minimum absolute atomic E-state index is 0.0177. The van der Waals surface area contributed by atoms with Crippen LogP contribution in [-0.2, 0) is 27.0 Å². The Labute approximate surface area is 198 Å². The first-order valence-corrected chi connectivity index (χ1v) is 11.0. The number of hydrogen-bond acceptors (Lipinski definition) is 4. The summed E-state index contributed by atoms with van der Waals surface area (Å²) in [5.74, 6) is -2.81. The fourth-order valence-electron chi connectivity index (χ4n) is 4.45. The Kier molecular flexibility index (Phi) is 6.26. The molecule has 0 saturated carbocycles. The predicted octanol–water partition coefficient (Wildman–Crippen LogP) is 1.70. The van der Waals surface area contributed by atoms with Crippen LogP contribution in [-0.4, -0.2) is 42.9 Å². The number of amides is 3. The molecular weight excluding hydrogens is 470 g/mol. The molecule has 3 N–H and O–H groups in total. The van der Waals surface area contributed by atoms with E-state index < -0.39 is 65.1 Å². The quantitative estimate of drug-likeness (QED) is 0.436. The van der Waals surface area contributed by atoms with E-state index in [9.17, 15) is 31.9 Å². The van der Waals surface area contributed by atoms with Gasteiger partial charge in [-0.15, -0.1) is 0 Å². The molecule has 4 rings (SSSR count). The lowest BCUT2D eigenvalue weighted by atomic mass is 10.0. The highest BCUT2D eigenvalue weighted by Crippen LogP contribution is 2.38. The molecule has 0 fully saturated rings. The lowest BCUT2D eigenvalue weighted by Crippen LogP contribution is -2.67. The maximum atomic E-state index is 14.3. The predicted molar refractivity (Wildman–Crippen MR) is 117 cm³/mol. The number of anilines is 2. The lowest BCUT2D eigenvalue weighted by Gasteiger charge is -2.32. The van der Waals surface area contributed by atoms with Gasteiger partial charge in [0.05, 0.1) is 23.5 Å². The molecule has 12 heteroatoms. The molecule has 3 heterocycles. The standard InChI is InChI=1S/C23H23F4N5O3/c1-11(28-3)19(33)29-17-12(2)31-9-5-6-13-10-16(32(21(13)31)22(17)35)20(34)30-18-14(23(25,26)27)7-4-8-15(18)24/h4-9,11-12,16-17,28H,10H2,1-3H3,(H-,29,30,33,34)/p+1. The Bertz CT molecular complexity index is 1200. The number of halogens is 4. The number of benzene rings is 1. The van der Waals surface area contributed by atoms with Crippen LogP contribution in [0.4, 0.5) is 29.1 Å². The molecule has 0 spiro atoms. The van der Waals surface area contributed by atoms with Crippen LogP contribution in [0, 0.1) is 5.82 Å². The van der Waals surface area contributed by atoms with Crippen LogP contribution < -0.4 is 25.4 Å². The normalized spacial score (nSPS) is 22.0. The SMILES string of the molecule is CNC(C)C(=O)NC1C(=O)N2c3c(ccc[n+]3C1C)CC2C(=O)Nc1c(F)cccc1C(F)(F)F. The monoisotopic (exact) mass is 494 g/mol. The highest BCUT2D eigenvalue weighted by molar-refractivity contribution is 6.09. The summed E-state index contributed by atoms with van der Waals surface area (Å²) in [4.78, 5) is 40.4. The maximum Gasteiger partial charge on any atom is 0.418 e. The van der Waals surface area contributed by atoms with Crippen molar-refractivity contribution in [2.45, 2.75) is 50.6 Å². The van der Waals surface area contributed by atoms with E-state index in [0.29, 0.717) is 17.4 Å². The summed E-state index contributed by atoms with van der Waals surface area (Å²) >= 11 is 0. The number of nitrogens with zero attached hydrogens (tertiary/aromatic N) is 2. The summed E-state index contributed by atoms with van der Waals surface area (Å²) in [6.45, 7) is 3.36. The van der Waals surface area contributed by atoms with Crippen LogP contribution in [0.5, 0.6) is 0 Å². The van der Waals surface area contributed by atoms with E-state index in [1.807, 2.05) is 0 Å². The van der Waals surface area contributed by atoms with E-state index in [4.69, 9.17) is 0 Å². The van der Waals surface area contributed by atoms with Gasteiger partial charge in [0.1, 0.15) is 11.9 Å². The van der Waals surface area contributed by atoms with Gasteiger partial charge in [-0.1, -0.05) is 6.07 Å². The zero-order valence-electron chi connectivity index (χ0n) is 19.1. The molecule has 0 aliphatic carbocycles. The molecule has 1 aromatic carbocycles. The van der Waals surface area contributed by atoms with Gasteiger partial charge in [-0.05, 0) is 45.2 Å². The average Bonchev–Trinajstić information content (AvgIpc) is 3.20. The van der Waals surface area contributed by atoms with Crippen molar-refractivity contribution in [1.29, 1.82) is 0 Å². The molecule has 0 saturated heterocycles. The molecular formula is C23H24F4N5O3+. The second-order valence-corrected chi connectivity index (χ2v) is 8.58. The van der Waals surface area contributed by atoms with Gasteiger partial charge in [-0.3, -0.25) is 9.59 Å². The van der Waals surface area contributed by atoms with Crippen LogP contribution in [0.15, 0.2) is 36.5 Å². The third-order valence-corrected chi connectivity index (χ3v) is 6.45. The molecule has 2 aliphatic heterocycles. The number of nitrogens with one attached hydrogen (secondary N) is 3. The van der Waals surface area contributed by atoms with Gasteiger partial charge in [0, 0.05) is 12.0 Å². The number of para-hydroxylation sites is 1. The first-order valence-electron chi connectivity index (χ1n) is 11.0. The molecule has 186 valence electrons. The van der Waals surface area contributed by atoms with Crippen LogP contribution in [0.1, 0.15) is 31.0 Å². The molecule has 35 heavy (non-hydrogen) atoms. The molecule has 2 aromatic rings. The number of aromatic nitrogens is 1. The molecule has 8 nitrogen and oxygen atoms in total. The summed E-state index contributed by atoms with van der Waals surface area (Å²) in [5.41, 5.74) is -1.70. The number of carbonyl (C=O) groups is 3. The summed E-state index contributed by atoms with van der Waals surface area (Å²) in [6, 6.07) is 2.45. The maximum absolute atomic E-state index is 14.3. The van der Waals surface area contributed by atoms with Gasteiger partial charge in [-0.2, -0.15) is 18.1 Å². The van der Waals surface area contributed by atoms with Crippen LogP contribution in [0.25, 0.3) is 0 Å². The molecule has 4 unspecified atom stereocenters. The number of pyridine rings is 1. The number of carbonyl (C=O) groups excluding carboxylic acids is 3. The number of hydrogen-bond donors (Lipinski definition) is 3. The van der Waals surface area contributed by atoms with Crippen molar-refractivity contribution in [3.63, 3.8) is 0 Å². The van der Waals surface area contributed by atoms with E-state index >= 15 is 0 Å². The Hall–Kier alpha value is -3.54. The Morgan fingerprint density at radius 3 is 2.57 bits per heavy atom. The van der Waals surface area contributed by atoms with Crippen molar-refractivity contribution < 1.29 is 36.5 Å². The van der Waals surface area contributed by atoms with Crippen LogP contribution in [0.3, 0.4) is 0 Å². The van der Waals surface area contributed by atoms with Gasteiger partial charge >= 0.3 is 12.1 Å². The third kappa shape index (κ3) is 4.22. The highest BCUT2D eigenvalue weighted by Gasteiger charge is 2.55. The topological polar surface area (TPSA) is 94.4 Å². The fraction of sp³-hybridized carbons (Fsp3) is 0.391. The molecule has 3 amide bonds. The third-order valence-electron chi connectivity index (χ3n) is 6.45. The van der Waals surface area contributed by atoms with Crippen LogP contribution in [0.2, 0.25) is 0 Å². The summed E-state index contributed by atoms with van der Waals surface area (Å²) < 4.78 is 56.3. The van der Waals surface area contributed by atoms with Crippen molar-refractivity contribution in [2.75, 3.05) is 17.3 Å². The van der Waals surface area contributed by atoms with Gasteiger partial charge in [0.15, 0.2) is 12.1 Å². The van der Waals surface area contributed by atoms with E-state index in [2.05, 4.69) is 16.0 Å². The van der Waals surface area contributed by atoms with Crippen molar-refractivity contribution >= 4 is 29.2 Å². The largest absolute Gasteiger partial charge is 0.418 e. The Morgan fingerprint density at radius 1 is 1.20 bits per heavy atom. The van der Waals surface area contributed by atoms with E-state index in [1.165, 1.54) is 4.90 Å². The van der Waals surface area contributed by atoms with E-state index in [0.717, 1.165) is 12.1 Å². The highest BCUT2D eigenvalue weighted by atomic mass is 19.4. The average molecular weight is 494 g/mol. The zero-order valence-corrected chi connectivity index (χ0v) is 19.1. The Balaban J connectivity index is 1.69. The molecule has 2 aliphatic rings. The minimum Gasteiger partial charge on any atom is -0.337 e. The van der Waals surface area contributed by atoms with Crippen molar-refractivity contribution in [3.05, 3.63) is 53.5 Å². The van der Waals surface area contributed by atoms with Crippen LogP contribution >= 0.6 is 0 Å². The van der Waals surface area contributed by atoms with E-state index in [-0.39, 0.29) is 6.42 Å². The summed E-state index contributed by atoms with van der Waals surface area (Å²) in [7, 11) is 1.59. The smallest absolute Gasteiger partial charge is 0.337 e. The summed E-state index contributed by atoms with van der Waals surface area (Å²) in [6.07, 6.45) is -3.19. The first-order chi connectivity index (χ1) is 16.5. The minimum atomic E-state index is -4.90. The van der Waals surface area contributed by atoms with Crippen molar-refractivity contribution in [3.8, 4) is 0 Å². The van der Waals surface area contributed by atoms with Gasteiger partial charge in [-0.25, -0.2) is 13.8 Å². The second kappa shape index (κ2) is 8.91. The van der Waals surface area contributed by atoms with Crippen molar-refractivity contribution in [2.24, 2.45) is 0 Å². The molecule has 1 aromatic heterocycles. The molecule has 0 radical (unpaired) electrons. The first kappa shape index (κ1) is 24.6. The lowest BCUT2D eigenvalue weighted by molar-refractivity contribution is -0.710. The number of alkyl halides is 3. The zero-order chi connectivity index (χ0) is 25.7. The summed E-state index contributed by atoms with van der Waals surface area (Å²) in [5, 5.41) is 7.52. The molecule has 4 atom stereocenters. The Morgan fingerprint density at radius 2 is 1.91 bits per heavy atom. The van der Waals surface area contributed by atoms with E-state index in [1.54, 1.807) is 43.8 Å².